The van der Waals surface area contributed by atoms with E-state index in [2.05, 4.69) is 4.98 Å². The fourth-order valence-electron chi connectivity index (χ4n) is 1.79. The molecule has 0 spiro atoms. The van der Waals surface area contributed by atoms with Crippen molar-refractivity contribution in [1.82, 2.24) is 4.98 Å². The van der Waals surface area contributed by atoms with Gasteiger partial charge in [-0.1, -0.05) is 32.0 Å². The maximum atomic E-state index is 10.6. The number of nitrogens with zero attached hydrogens (tertiary/aromatic N) is 1. The molecule has 0 aliphatic heterocycles. The topological polar surface area (TPSA) is 59.4 Å². The minimum Gasteiger partial charge on any atom is -0.486 e. The zero-order chi connectivity index (χ0) is 15.2. The number of carbonyl (C=O) groups is 1. The summed E-state index contributed by atoms with van der Waals surface area (Å²) in [7, 11) is 0. The Hall–Kier alpha value is -2.14. The van der Waals surface area contributed by atoms with E-state index in [1.54, 1.807) is 6.08 Å². The molecule has 0 amide bonds. The Morgan fingerprint density at radius 1 is 1.38 bits per heavy atom. The molecule has 0 aliphatic rings. The first-order chi connectivity index (χ1) is 10.1. The van der Waals surface area contributed by atoms with E-state index in [-0.39, 0.29) is 5.92 Å². The molecule has 1 aromatic carbocycles. The molecule has 0 unspecified atom stereocenters. The molecule has 0 bridgehead atoms. The van der Waals surface area contributed by atoms with E-state index >= 15 is 0 Å². The van der Waals surface area contributed by atoms with Crippen LogP contribution in [0.1, 0.15) is 35.3 Å². The average molecular weight is 303 g/mol. The zero-order valence-corrected chi connectivity index (χ0v) is 12.8. The van der Waals surface area contributed by atoms with Gasteiger partial charge in [-0.3, -0.25) is 0 Å². The number of hydrogen-bond donors (Lipinski definition) is 1. The third kappa shape index (κ3) is 4.43. The van der Waals surface area contributed by atoms with Crippen LogP contribution in [-0.4, -0.2) is 16.1 Å². The first-order valence-corrected chi connectivity index (χ1v) is 7.46. The fraction of sp³-hybridized carbons (Fsp3) is 0.250. The van der Waals surface area contributed by atoms with Gasteiger partial charge >= 0.3 is 5.97 Å². The quantitative estimate of drug-likeness (QED) is 0.821. The van der Waals surface area contributed by atoms with Crippen molar-refractivity contribution in [3.8, 4) is 5.75 Å². The van der Waals surface area contributed by atoms with Gasteiger partial charge in [0.2, 0.25) is 0 Å². The minimum atomic E-state index is -0.958. The lowest BCUT2D eigenvalue weighted by molar-refractivity contribution is -0.131. The maximum Gasteiger partial charge on any atom is 0.328 e. The van der Waals surface area contributed by atoms with E-state index in [9.17, 15) is 4.79 Å². The maximum absolute atomic E-state index is 10.6. The van der Waals surface area contributed by atoms with Gasteiger partial charge in [-0.2, -0.15) is 0 Å². The minimum absolute atomic E-state index is 0.236. The molecule has 1 aromatic heterocycles. The van der Waals surface area contributed by atoms with Crippen LogP contribution >= 0.6 is 11.3 Å². The molecule has 0 saturated carbocycles. The van der Waals surface area contributed by atoms with Crippen LogP contribution in [0.15, 0.2) is 36.4 Å². The molecular weight excluding hydrogens is 286 g/mol. The van der Waals surface area contributed by atoms with Crippen molar-refractivity contribution >= 4 is 23.4 Å². The third-order valence-corrected chi connectivity index (χ3v) is 3.76. The predicted octanol–water partition coefficient (Wildman–Crippen LogP) is 3.94. The SMILES string of the molecule is CC(C)c1nc(COc2ccccc2)sc1/C=C/C(=O)O. The van der Waals surface area contributed by atoms with Gasteiger partial charge in [0.1, 0.15) is 17.4 Å². The van der Waals surface area contributed by atoms with Crippen molar-refractivity contribution in [2.45, 2.75) is 26.4 Å². The van der Waals surface area contributed by atoms with Gasteiger partial charge in [-0.05, 0) is 24.1 Å². The highest BCUT2D eigenvalue weighted by molar-refractivity contribution is 7.12. The molecule has 110 valence electrons. The lowest BCUT2D eigenvalue weighted by Crippen LogP contribution is -1.96. The lowest BCUT2D eigenvalue weighted by Gasteiger charge is -2.03. The number of ether oxygens (including phenoxy) is 1. The Balaban J connectivity index is 2.13. The Labute approximate surface area is 127 Å². The molecular formula is C16H17NO3S. The molecule has 0 radical (unpaired) electrons. The monoisotopic (exact) mass is 303 g/mol. The number of carboxylic acids is 1. The van der Waals surface area contributed by atoms with E-state index in [4.69, 9.17) is 9.84 Å². The molecule has 2 aromatic rings. The van der Waals surface area contributed by atoms with Crippen molar-refractivity contribution in [3.05, 3.63) is 52.0 Å². The number of rotatable bonds is 6. The van der Waals surface area contributed by atoms with Crippen molar-refractivity contribution in [2.75, 3.05) is 0 Å². The molecule has 1 N–H and O–H groups in total. The van der Waals surface area contributed by atoms with Crippen LogP contribution in [-0.2, 0) is 11.4 Å². The van der Waals surface area contributed by atoms with Crippen LogP contribution < -0.4 is 4.74 Å². The van der Waals surface area contributed by atoms with E-state index in [1.165, 1.54) is 11.3 Å². The van der Waals surface area contributed by atoms with Crippen molar-refractivity contribution in [1.29, 1.82) is 0 Å². The van der Waals surface area contributed by atoms with Gasteiger partial charge in [0.15, 0.2) is 0 Å². The number of carboxylic acid groups (broad SMARTS) is 1. The van der Waals surface area contributed by atoms with Gasteiger partial charge in [-0.15, -0.1) is 11.3 Å². The number of para-hydroxylation sites is 1. The van der Waals surface area contributed by atoms with E-state index in [1.807, 2.05) is 44.2 Å². The zero-order valence-electron chi connectivity index (χ0n) is 11.9. The fourth-order valence-corrected chi connectivity index (χ4v) is 2.83. The molecule has 0 fully saturated rings. The van der Waals surface area contributed by atoms with Crippen LogP contribution in [0.4, 0.5) is 0 Å². The summed E-state index contributed by atoms with van der Waals surface area (Å²) in [5.74, 6) is 0.0711. The molecule has 0 aliphatic carbocycles. The smallest absolute Gasteiger partial charge is 0.328 e. The number of thiazole rings is 1. The normalized spacial score (nSPS) is 11.2. The number of benzene rings is 1. The number of aromatic nitrogens is 1. The molecule has 2 rings (SSSR count). The van der Waals surface area contributed by atoms with E-state index in [0.29, 0.717) is 6.61 Å². The predicted molar refractivity (Wildman–Crippen MR) is 83.6 cm³/mol. The molecule has 4 nitrogen and oxygen atoms in total. The summed E-state index contributed by atoms with van der Waals surface area (Å²) < 4.78 is 5.67. The standard InChI is InChI=1S/C16H17NO3S/c1-11(2)16-13(8-9-15(18)19)21-14(17-16)10-20-12-6-4-3-5-7-12/h3-9,11H,10H2,1-2H3,(H,18,19)/b9-8+. The van der Waals surface area contributed by atoms with Crippen LogP contribution in [0.3, 0.4) is 0 Å². The highest BCUT2D eigenvalue weighted by Gasteiger charge is 2.13. The molecule has 5 heteroatoms. The van der Waals surface area contributed by atoms with Crippen LogP contribution in [0.25, 0.3) is 6.08 Å². The highest BCUT2D eigenvalue weighted by atomic mass is 32.1. The van der Waals surface area contributed by atoms with Gasteiger partial charge in [0, 0.05) is 6.08 Å². The molecule has 21 heavy (non-hydrogen) atoms. The van der Waals surface area contributed by atoms with Gasteiger partial charge in [-0.25, -0.2) is 9.78 Å². The summed E-state index contributed by atoms with van der Waals surface area (Å²) >= 11 is 1.46. The highest BCUT2D eigenvalue weighted by Crippen LogP contribution is 2.27. The average Bonchev–Trinajstić information content (AvgIpc) is 2.87. The van der Waals surface area contributed by atoms with E-state index < -0.39 is 5.97 Å². The largest absolute Gasteiger partial charge is 0.486 e. The number of aliphatic carboxylic acids is 1. The second-order valence-corrected chi connectivity index (χ2v) is 5.90. The van der Waals surface area contributed by atoms with Crippen LogP contribution in [0.2, 0.25) is 0 Å². The Morgan fingerprint density at radius 3 is 2.71 bits per heavy atom. The molecule has 0 atom stereocenters. The Bertz CT molecular complexity index is 632. The van der Waals surface area contributed by atoms with Gasteiger partial charge in [0.05, 0.1) is 10.6 Å². The van der Waals surface area contributed by atoms with E-state index in [0.717, 1.165) is 27.4 Å². The molecule has 0 saturated heterocycles. The van der Waals surface area contributed by atoms with Gasteiger partial charge < -0.3 is 9.84 Å². The lowest BCUT2D eigenvalue weighted by atomic mass is 10.1. The second kappa shape index (κ2) is 7.04. The van der Waals surface area contributed by atoms with Gasteiger partial charge in [0.25, 0.3) is 0 Å². The summed E-state index contributed by atoms with van der Waals surface area (Å²) in [6, 6.07) is 9.54. The van der Waals surface area contributed by atoms with Crippen molar-refractivity contribution in [2.24, 2.45) is 0 Å². The second-order valence-electron chi connectivity index (χ2n) is 4.79. The third-order valence-electron chi connectivity index (χ3n) is 2.76. The summed E-state index contributed by atoms with van der Waals surface area (Å²) in [6.07, 6.45) is 2.74. The van der Waals surface area contributed by atoms with Crippen LogP contribution in [0.5, 0.6) is 5.75 Å². The summed E-state index contributed by atoms with van der Waals surface area (Å²) in [6.45, 7) is 4.46. The molecule has 1 heterocycles. The summed E-state index contributed by atoms with van der Waals surface area (Å²) in [5, 5.41) is 9.58. The summed E-state index contributed by atoms with van der Waals surface area (Å²) in [5.41, 5.74) is 0.907. The first kappa shape index (κ1) is 15.3. The van der Waals surface area contributed by atoms with Crippen molar-refractivity contribution in [3.63, 3.8) is 0 Å². The van der Waals surface area contributed by atoms with Crippen molar-refractivity contribution < 1.29 is 14.6 Å². The Morgan fingerprint density at radius 2 is 2.10 bits per heavy atom. The van der Waals surface area contributed by atoms with Crippen LogP contribution in [0, 0.1) is 0 Å². The summed E-state index contributed by atoms with van der Waals surface area (Å²) in [4.78, 5) is 16.1. The number of hydrogen-bond acceptors (Lipinski definition) is 4. The Kier molecular flexibility index (Phi) is 5.11. The first-order valence-electron chi connectivity index (χ1n) is 6.64.